The number of hydrogen-bond donors (Lipinski definition) is 0. The largest absolute Gasteiger partial charge is 0.0645 e. The van der Waals surface area contributed by atoms with Crippen LogP contribution in [0, 0.1) is 0 Å². The quantitative estimate of drug-likeness (QED) is 0.306. The lowest BCUT2D eigenvalue weighted by atomic mass is 9.79. The molecule has 0 unspecified atom stereocenters. The van der Waals surface area contributed by atoms with E-state index in [1.807, 2.05) is 0 Å². The summed E-state index contributed by atoms with van der Waals surface area (Å²) in [5, 5.41) is 0. The average molecular weight is 427 g/mol. The zero-order chi connectivity index (χ0) is 22.3. The van der Waals surface area contributed by atoms with Gasteiger partial charge in [-0.15, -0.1) is 0 Å². The molecule has 0 N–H and O–H groups in total. The molecular weight excluding hydrogens is 396 g/mol. The second kappa shape index (κ2) is 6.94. The molecule has 0 nitrogen and oxygen atoms in total. The first-order valence-electron chi connectivity index (χ1n) is 12.8. The first kappa shape index (κ1) is 19.4. The molecule has 0 bridgehead atoms. The predicted molar refractivity (Wildman–Crippen MR) is 139 cm³/mol. The van der Waals surface area contributed by atoms with Crippen LogP contribution in [0.4, 0.5) is 0 Å². The van der Waals surface area contributed by atoms with Crippen LogP contribution >= 0.6 is 0 Å². The van der Waals surface area contributed by atoms with E-state index < -0.39 is 0 Å². The fraction of sp³-hybridized carbons (Fsp3) is 0.273. The third-order valence-electron chi connectivity index (χ3n) is 8.70. The van der Waals surface area contributed by atoms with Crippen molar-refractivity contribution in [1.82, 2.24) is 0 Å². The highest BCUT2D eigenvalue weighted by atomic mass is 14.5. The normalized spacial score (nSPS) is 20.6. The summed E-state index contributed by atoms with van der Waals surface area (Å²) in [6, 6.07) is 27.8. The van der Waals surface area contributed by atoms with Crippen LogP contribution in [-0.4, -0.2) is 0 Å². The van der Waals surface area contributed by atoms with Gasteiger partial charge in [-0.1, -0.05) is 93.6 Å². The standard InChI is InChI=1S/C33H30/c1-4-19-22-13-7-10-16-25(22)31-28(19)32-26-17-11-8-14-23(26)20(5-2)30(32)33-27-18-12-9-15-24(27)21(6-3)29(31)33/h7-21H,4-6H2,1-3H3/t19-,20-,21+/m1/s1. The molecule has 0 heterocycles. The van der Waals surface area contributed by atoms with Crippen LogP contribution in [0.1, 0.15) is 91.2 Å². The number of benzene rings is 4. The monoisotopic (exact) mass is 426 g/mol. The summed E-state index contributed by atoms with van der Waals surface area (Å²) in [6.07, 6.45) is 3.45. The van der Waals surface area contributed by atoms with Gasteiger partial charge in [-0.3, -0.25) is 0 Å². The van der Waals surface area contributed by atoms with E-state index in [0.29, 0.717) is 17.8 Å². The van der Waals surface area contributed by atoms with E-state index in [-0.39, 0.29) is 0 Å². The van der Waals surface area contributed by atoms with Crippen molar-refractivity contribution in [2.75, 3.05) is 0 Å². The van der Waals surface area contributed by atoms with Crippen LogP contribution in [0.25, 0.3) is 33.4 Å². The van der Waals surface area contributed by atoms with E-state index in [0.717, 1.165) is 19.3 Å². The minimum Gasteiger partial charge on any atom is -0.0645 e. The SMILES string of the molecule is CC[C@@H]1c2ccccc2-c2c1c1c(c3c2[C@@H](CC)c2ccccc2-3)[C@H](CC)c2ccccc2-1. The van der Waals surface area contributed by atoms with Gasteiger partial charge in [0.1, 0.15) is 0 Å². The van der Waals surface area contributed by atoms with E-state index in [1.54, 1.807) is 33.4 Å². The van der Waals surface area contributed by atoms with Gasteiger partial charge in [0.25, 0.3) is 0 Å². The smallest absolute Gasteiger partial charge is 0.0105 e. The fourth-order valence-electron chi connectivity index (χ4n) is 7.55. The molecule has 3 aliphatic rings. The first-order valence-corrected chi connectivity index (χ1v) is 12.8. The van der Waals surface area contributed by atoms with E-state index in [4.69, 9.17) is 0 Å². The molecule has 0 saturated carbocycles. The molecule has 0 fully saturated rings. The van der Waals surface area contributed by atoms with Gasteiger partial charge in [0, 0.05) is 17.8 Å². The van der Waals surface area contributed by atoms with E-state index >= 15 is 0 Å². The van der Waals surface area contributed by atoms with Crippen LogP contribution in [0.2, 0.25) is 0 Å². The van der Waals surface area contributed by atoms with Crippen LogP contribution in [0.5, 0.6) is 0 Å². The Bertz CT molecular complexity index is 1240. The maximum Gasteiger partial charge on any atom is 0.0105 e. The fourth-order valence-corrected chi connectivity index (χ4v) is 7.55. The minimum atomic E-state index is 0.486. The van der Waals surface area contributed by atoms with Crippen molar-refractivity contribution < 1.29 is 0 Å². The van der Waals surface area contributed by atoms with Crippen molar-refractivity contribution in [3.63, 3.8) is 0 Å². The Hall–Kier alpha value is -3.12. The van der Waals surface area contributed by atoms with Crippen molar-refractivity contribution >= 4 is 0 Å². The predicted octanol–water partition coefficient (Wildman–Crippen LogP) is 9.25. The van der Waals surface area contributed by atoms with Crippen molar-refractivity contribution in [2.45, 2.75) is 57.8 Å². The lowest BCUT2D eigenvalue weighted by Crippen LogP contribution is -2.05. The van der Waals surface area contributed by atoms with Crippen molar-refractivity contribution in [3.05, 3.63) is 106 Å². The van der Waals surface area contributed by atoms with E-state index in [9.17, 15) is 0 Å². The Balaban J connectivity index is 1.72. The van der Waals surface area contributed by atoms with Crippen molar-refractivity contribution in [2.24, 2.45) is 0 Å². The molecule has 4 aromatic carbocycles. The molecule has 0 spiro atoms. The third-order valence-corrected chi connectivity index (χ3v) is 8.70. The van der Waals surface area contributed by atoms with Crippen molar-refractivity contribution in [1.29, 1.82) is 0 Å². The summed E-state index contributed by atoms with van der Waals surface area (Å²) in [7, 11) is 0. The molecule has 4 aromatic rings. The zero-order valence-electron chi connectivity index (χ0n) is 19.8. The highest BCUT2D eigenvalue weighted by Crippen LogP contribution is 2.65. The topological polar surface area (TPSA) is 0 Å². The average Bonchev–Trinajstić information content (AvgIpc) is 3.48. The molecule has 0 aliphatic heterocycles. The molecule has 0 radical (unpaired) electrons. The van der Waals surface area contributed by atoms with Gasteiger partial charge in [0.2, 0.25) is 0 Å². The summed E-state index contributed by atoms with van der Waals surface area (Å²) >= 11 is 0. The first-order chi connectivity index (χ1) is 16.3. The van der Waals surface area contributed by atoms with Gasteiger partial charge in [-0.05, 0) is 86.0 Å². The summed E-state index contributed by atoms with van der Waals surface area (Å²) in [5.74, 6) is 1.46. The second-order valence-corrected chi connectivity index (χ2v) is 10.0. The lowest BCUT2D eigenvalue weighted by molar-refractivity contribution is 0.774. The lowest BCUT2D eigenvalue weighted by Gasteiger charge is -2.24. The molecule has 162 valence electrons. The molecule has 33 heavy (non-hydrogen) atoms. The Morgan fingerprint density at radius 2 is 0.697 bits per heavy atom. The molecule has 3 aliphatic carbocycles. The summed E-state index contributed by atoms with van der Waals surface area (Å²) < 4.78 is 0. The minimum absolute atomic E-state index is 0.486. The van der Waals surface area contributed by atoms with Crippen LogP contribution < -0.4 is 0 Å². The zero-order valence-corrected chi connectivity index (χ0v) is 19.8. The summed E-state index contributed by atoms with van der Waals surface area (Å²) in [4.78, 5) is 0. The van der Waals surface area contributed by atoms with Gasteiger partial charge < -0.3 is 0 Å². The highest BCUT2D eigenvalue weighted by Gasteiger charge is 2.44. The maximum atomic E-state index is 2.39. The number of fused-ring (bicyclic) bond motifs is 12. The Labute approximate surface area is 197 Å². The number of hydrogen-bond acceptors (Lipinski definition) is 0. The van der Waals surface area contributed by atoms with Gasteiger partial charge >= 0.3 is 0 Å². The van der Waals surface area contributed by atoms with Gasteiger partial charge in [0.15, 0.2) is 0 Å². The second-order valence-electron chi connectivity index (χ2n) is 10.0. The Morgan fingerprint density at radius 1 is 0.424 bits per heavy atom. The molecule has 0 heteroatoms. The molecule has 7 rings (SSSR count). The van der Waals surface area contributed by atoms with Crippen LogP contribution in [0.3, 0.4) is 0 Å². The molecule has 3 atom stereocenters. The van der Waals surface area contributed by atoms with Crippen LogP contribution in [0.15, 0.2) is 72.8 Å². The third kappa shape index (κ3) is 2.27. The van der Waals surface area contributed by atoms with E-state index in [1.165, 1.54) is 33.4 Å². The maximum absolute atomic E-state index is 2.39. The van der Waals surface area contributed by atoms with Crippen LogP contribution in [-0.2, 0) is 0 Å². The Morgan fingerprint density at radius 3 is 0.970 bits per heavy atom. The van der Waals surface area contributed by atoms with E-state index in [2.05, 4.69) is 93.6 Å². The Kier molecular flexibility index (Phi) is 4.07. The summed E-state index contributed by atoms with van der Waals surface area (Å²) in [5.41, 5.74) is 18.7. The highest BCUT2D eigenvalue weighted by molar-refractivity contribution is 6.02. The van der Waals surface area contributed by atoms with Gasteiger partial charge in [-0.2, -0.15) is 0 Å². The molecular formula is C33H30. The van der Waals surface area contributed by atoms with Crippen molar-refractivity contribution in [3.8, 4) is 33.4 Å². The number of rotatable bonds is 3. The molecule has 0 aromatic heterocycles. The molecule has 0 amide bonds. The van der Waals surface area contributed by atoms with Gasteiger partial charge in [0.05, 0.1) is 0 Å². The summed E-state index contributed by atoms with van der Waals surface area (Å²) in [6.45, 7) is 7.13. The molecule has 0 saturated heterocycles. The van der Waals surface area contributed by atoms with Gasteiger partial charge in [-0.25, -0.2) is 0 Å².